The normalized spacial score (nSPS) is 23.8. The van der Waals surface area contributed by atoms with Gasteiger partial charge in [0.15, 0.2) is 0 Å². The number of hydrogen-bond donors (Lipinski definition) is 1. The molecule has 0 spiro atoms. The van der Waals surface area contributed by atoms with Gasteiger partial charge in [0, 0.05) is 15.8 Å². The molecule has 3 rings (SSSR count). The lowest BCUT2D eigenvalue weighted by Crippen LogP contribution is -2.37. The Bertz CT molecular complexity index is 422. The maximum Gasteiger partial charge on any atom is 0.288 e. The van der Waals surface area contributed by atoms with Crippen LogP contribution in [0.4, 0.5) is 8.78 Å². The molecule has 2 aliphatic carbocycles. The maximum absolute atomic E-state index is 12.2. The highest BCUT2D eigenvalue weighted by Crippen LogP contribution is 2.63. The van der Waals surface area contributed by atoms with Gasteiger partial charge in [0.05, 0.1) is 0 Å². The Morgan fingerprint density at radius 2 is 1.65 bits per heavy atom. The summed E-state index contributed by atoms with van der Waals surface area (Å²) >= 11 is 0.597. The molecule has 2 fully saturated rings. The molecule has 0 aromatic heterocycles. The van der Waals surface area contributed by atoms with E-state index in [2.05, 4.69) is 0 Å². The zero-order valence-electron chi connectivity index (χ0n) is 9.46. The standard InChI is InChI=1S/C13H15F2NS/c14-11(15)17-10-3-1-9(2-4-10)12(5-6-12)13(16)7-8-13/h1-4,11H,5-8,16H2. The summed E-state index contributed by atoms with van der Waals surface area (Å²) in [6.07, 6.45) is 4.48. The van der Waals surface area contributed by atoms with Gasteiger partial charge in [-0.2, -0.15) is 8.78 Å². The van der Waals surface area contributed by atoms with E-state index in [1.54, 1.807) is 12.1 Å². The number of hydrogen-bond acceptors (Lipinski definition) is 2. The Morgan fingerprint density at radius 3 is 2.06 bits per heavy atom. The Balaban J connectivity index is 1.81. The number of nitrogens with two attached hydrogens (primary N) is 1. The second-order valence-electron chi connectivity index (χ2n) is 5.14. The van der Waals surface area contributed by atoms with Gasteiger partial charge in [0.1, 0.15) is 0 Å². The van der Waals surface area contributed by atoms with E-state index in [0.29, 0.717) is 16.7 Å². The van der Waals surface area contributed by atoms with Gasteiger partial charge in [-0.1, -0.05) is 23.9 Å². The molecular weight excluding hydrogens is 240 g/mol. The summed E-state index contributed by atoms with van der Waals surface area (Å²) < 4.78 is 24.4. The van der Waals surface area contributed by atoms with E-state index in [0.717, 1.165) is 25.7 Å². The van der Waals surface area contributed by atoms with Crippen molar-refractivity contribution in [2.24, 2.45) is 5.73 Å². The van der Waals surface area contributed by atoms with Crippen LogP contribution in [0.25, 0.3) is 0 Å². The van der Waals surface area contributed by atoms with Crippen LogP contribution >= 0.6 is 11.8 Å². The maximum atomic E-state index is 12.2. The highest BCUT2D eigenvalue weighted by atomic mass is 32.2. The fourth-order valence-corrected chi connectivity index (χ4v) is 3.27. The van der Waals surface area contributed by atoms with Crippen LogP contribution in [0.1, 0.15) is 31.2 Å². The van der Waals surface area contributed by atoms with E-state index < -0.39 is 5.76 Å². The number of thioether (sulfide) groups is 1. The molecule has 0 amide bonds. The van der Waals surface area contributed by atoms with E-state index in [1.165, 1.54) is 5.56 Å². The third-order valence-electron chi connectivity index (χ3n) is 4.12. The molecule has 0 bridgehead atoms. The van der Waals surface area contributed by atoms with Gasteiger partial charge in [-0.15, -0.1) is 0 Å². The molecule has 17 heavy (non-hydrogen) atoms. The highest BCUT2D eigenvalue weighted by molar-refractivity contribution is 7.99. The minimum absolute atomic E-state index is 0.00955. The highest BCUT2D eigenvalue weighted by Gasteiger charge is 2.63. The van der Waals surface area contributed by atoms with Crippen molar-refractivity contribution < 1.29 is 8.78 Å². The predicted molar refractivity (Wildman–Crippen MR) is 65.4 cm³/mol. The first-order chi connectivity index (χ1) is 8.06. The summed E-state index contributed by atoms with van der Waals surface area (Å²) in [5.74, 6) is -2.35. The summed E-state index contributed by atoms with van der Waals surface area (Å²) in [5, 5.41) is 0. The van der Waals surface area contributed by atoms with Crippen molar-refractivity contribution in [3.05, 3.63) is 29.8 Å². The predicted octanol–water partition coefficient (Wildman–Crippen LogP) is 3.52. The monoisotopic (exact) mass is 255 g/mol. The van der Waals surface area contributed by atoms with Gasteiger partial charge in [-0.05, 0) is 43.4 Å². The van der Waals surface area contributed by atoms with Gasteiger partial charge >= 0.3 is 0 Å². The van der Waals surface area contributed by atoms with Crippen molar-refractivity contribution in [2.75, 3.05) is 0 Å². The van der Waals surface area contributed by atoms with Crippen molar-refractivity contribution in [3.63, 3.8) is 0 Å². The van der Waals surface area contributed by atoms with E-state index >= 15 is 0 Å². The fraction of sp³-hybridized carbons (Fsp3) is 0.538. The Kier molecular flexibility index (Phi) is 2.49. The average Bonchev–Trinajstić information content (AvgIpc) is 3.14. The van der Waals surface area contributed by atoms with Gasteiger partial charge < -0.3 is 5.73 Å². The van der Waals surface area contributed by atoms with Gasteiger partial charge in [0.25, 0.3) is 5.76 Å². The largest absolute Gasteiger partial charge is 0.324 e. The first-order valence-corrected chi connectivity index (χ1v) is 6.78. The molecule has 1 nitrogen and oxygen atoms in total. The second-order valence-corrected chi connectivity index (χ2v) is 6.20. The Morgan fingerprint density at radius 1 is 1.06 bits per heavy atom. The van der Waals surface area contributed by atoms with Gasteiger partial charge in [-0.3, -0.25) is 0 Å². The van der Waals surface area contributed by atoms with Crippen LogP contribution in [0, 0.1) is 0 Å². The lowest BCUT2D eigenvalue weighted by molar-refractivity contribution is 0.252. The fourth-order valence-electron chi connectivity index (χ4n) is 2.77. The minimum Gasteiger partial charge on any atom is -0.324 e. The first-order valence-electron chi connectivity index (χ1n) is 5.90. The van der Waals surface area contributed by atoms with Crippen molar-refractivity contribution in [2.45, 2.75) is 47.3 Å². The Labute approximate surface area is 104 Å². The summed E-state index contributed by atoms with van der Waals surface area (Å²) in [7, 11) is 0. The molecule has 0 unspecified atom stereocenters. The molecule has 1 aromatic rings. The molecule has 0 saturated heterocycles. The van der Waals surface area contributed by atoms with Crippen LogP contribution in [-0.2, 0) is 5.41 Å². The van der Waals surface area contributed by atoms with Crippen molar-refractivity contribution in [1.29, 1.82) is 0 Å². The molecule has 0 heterocycles. The van der Waals surface area contributed by atoms with Crippen LogP contribution < -0.4 is 5.73 Å². The molecule has 92 valence electrons. The quantitative estimate of drug-likeness (QED) is 0.833. The molecule has 2 N–H and O–H groups in total. The van der Waals surface area contributed by atoms with Crippen LogP contribution in [0.3, 0.4) is 0 Å². The SMILES string of the molecule is NC1(C2(c3ccc(SC(F)F)cc3)CC2)CC1. The molecule has 1 aromatic carbocycles. The van der Waals surface area contributed by atoms with Crippen LogP contribution in [0.5, 0.6) is 0 Å². The molecule has 2 aliphatic rings. The van der Waals surface area contributed by atoms with Crippen LogP contribution in [-0.4, -0.2) is 11.3 Å². The average molecular weight is 255 g/mol. The summed E-state index contributed by atoms with van der Waals surface area (Å²) in [6.45, 7) is 0. The second kappa shape index (κ2) is 3.69. The van der Waals surface area contributed by atoms with Crippen molar-refractivity contribution >= 4 is 11.8 Å². The number of halogens is 2. The molecule has 0 radical (unpaired) electrons. The van der Waals surface area contributed by atoms with E-state index in [1.807, 2.05) is 12.1 Å². The first kappa shape index (κ1) is 11.5. The molecule has 4 heteroatoms. The summed E-state index contributed by atoms with van der Waals surface area (Å²) in [4.78, 5) is 0.626. The third kappa shape index (κ3) is 1.87. The third-order valence-corrected chi connectivity index (χ3v) is 4.85. The topological polar surface area (TPSA) is 26.0 Å². The number of benzene rings is 1. The zero-order valence-corrected chi connectivity index (χ0v) is 10.3. The molecule has 0 aliphatic heterocycles. The number of rotatable bonds is 4. The minimum atomic E-state index is -2.35. The van der Waals surface area contributed by atoms with Crippen LogP contribution in [0.15, 0.2) is 29.2 Å². The zero-order chi connectivity index (χ0) is 12.1. The van der Waals surface area contributed by atoms with Gasteiger partial charge in [-0.25, -0.2) is 0 Å². The molecular formula is C13H15F2NS. The smallest absolute Gasteiger partial charge is 0.288 e. The molecule has 2 saturated carbocycles. The van der Waals surface area contributed by atoms with Crippen molar-refractivity contribution in [1.82, 2.24) is 0 Å². The molecule has 0 atom stereocenters. The number of alkyl halides is 2. The Hall–Kier alpha value is -0.610. The van der Waals surface area contributed by atoms with E-state index in [-0.39, 0.29) is 11.0 Å². The van der Waals surface area contributed by atoms with E-state index in [4.69, 9.17) is 5.73 Å². The summed E-state index contributed by atoms with van der Waals surface area (Å²) in [6, 6.07) is 7.53. The van der Waals surface area contributed by atoms with Crippen molar-refractivity contribution in [3.8, 4) is 0 Å². The van der Waals surface area contributed by atoms with Gasteiger partial charge in [0.2, 0.25) is 0 Å². The lowest BCUT2D eigenvalue weighted by atomic mass is 9.86. The van der Waals surface area contributed by atoms with E-state index in [9.17, 15) is 8.78 Å². The summed E-state index contributed by atoms with van der Waals surface area (Å²) in [5.41, 5.74) is 7.69. The van der Waals surface area contributed by atoms with Crippen LogP contribution in [0.2, 0.25) is 0 Å². The lowest BCUT2D eigenvalue weighted by Gasteiger charge is -2.23.